The van der Waals surface area contributed by atoms with Crippen molar-refractivity contribution in [2.45, 2.75) is 10.0 Å². The smallest absolute Gasteiger partial charge is 0.376 e. The number of carboxylic acid groups (broad SMARTS) is 1. The molecular formula is C10H12O4S. The Bertz CT molecular complexity index is 321. The van der Waals surface area contributed by atoms with Crippen LogP contribution in [0, 0.1) is 0 Å². The molecule has 0 heterocycles. The minimum absolute atomic E-state index is 0.767. The van der Waals surface area contributed by atoms with Crippen molar-refractivity contribution in [2.24, 2.45) is 0 Å². The Hall–Kier alpha value is -1.04. The summed E-state index contributed by atoms with van der Waals surface area (Å²) in [5.74, 6) is -1.17. The highest BCUT2D eigenvalue weighted by molar-refractivity contribution is 8.01. The van der Waals surface area contributed by atoms with Gasteiger partial charge in [-0.3, -0.25) is 0 Å². The van der Waals surface area contributed by atoms with Crippen molar-refractivity contribution in [3.8, 4) is 0 Å². The first-order valence-corrected chi connectivity index (χ1v) is 5.04. The molecule has 1 aromatic rings. The molecule has 0 saturated carbocycles. The van der Waals surface area contributed by atoms with Gasteiger partial charge in [0.2, 0.25) is 0 Å². The summed E-state index contributed by atoms with van der Waals surface area (Å²) < 4.78 is 9.79. The van der Waals surface area contributed by atoms with Crippen LogP contribution in [-0.4, -0.2) is 30.4 Å². The van der Waals surface area contributed by atoms with E-state index >= 15 is 0 Å². The summed E-state index contributed by atoms with van der Waals surface area (Å²) in [6.07, 6.45) is 0. The van der Waals surface area contributed by atoms with E-state index in [1.165, 1.54) is 14.2 Å². The molecule has 82 valence electrons. The monoisotopic (exact) mass is 228 g/mol. The van der Waals surface area contributed by atoms with E-state index < -0.39 is 11.1 Å². The zero-order chi connectivity index (χ0) is 11.3. The summed E-state index contributed by atoms with van der Waals surface area (Å²) >= 11 is 1.00. The fourth-order valence-electron chi connectivity index (χ4n) is 1.03. The predicted octanol–water partition coefficient (Wildman–Crippen LogP) is 1.81. The Balaban J connectivity index is 2.89. The lowest BCUT2D eigenvalue weighted by Gasteiger charge is -2.24. The van der Waals surface area contributed by atoms with Crippen LogP contribution in [0.15, 0.2) is 35.2 Å². The highest BCUT2D eigenvalue weighted by Gasteiger charge is 2.40. The second-order valence-electron chi connectivity index (χ2n) is 2.68. The predicted molar refractivity (Wildman–Crippen MR) is 56.7 cm³/mol. The van der Waals surface area contributed by atoms with Crippen molar-refractivity contribution >= 4 is 17.7 Å². The van der Waals surface area contributed by atoms with Crippen LogP contribution in [0.5, 0.6) is 0 Å². The summed E-state index contributed by atoms with van der Waals surface area (Å²) in [6.45, 7) is 0. The van der Waals surface area contributed by atoms with Crippen molar-refractivity contribution in [1.82, 2.24) is 0 Å². The average molecular weight is 228 g/mol. The third kappa shape index (κ3) is 2.71. The maximum Gasteiger partial charge on any atom is 0.376 e. The highest BCUT2D eigenvalue weighted by atomic mass is 32.2. The minimum atomic E-state index is -1.68. The fraction of sp³-hybridized carbons (Fsp3) is 0.300. The Kier molecular flexibility index (Phi) is 4.14. The first-order valence-electron chi connectivity index (χ1n) is 4.22. The van der Waals surface area contributed by atoms with Gasteiger partial charge < -0.3 is 14.6 Å². The standard InChI is InChI=1S/C10H12O4S/c1-13-10(14-2,9(11)12)15-8-6-4-3-5-7-8/h3-7H,1-2H3,(H,11,12). The van der Waals surface area contributed by atoms with Gasteiger partial charge in [-0.25, -0.2) is 4.79 Å². The van der Waals surface area contributed by atoms with Gasteiger partial charge in [0.25, 0.3) is 0 Å². The molecule has 15 heavy (non-hydrogen) atoms. The van der Waals surface area contributed by atoms with Crippen molar-refractivity contribution in [2.75, 3.05) is 14.2 Å². The maximum atomic E-state index is 11.0. The molecule has 0 saturated heterocycles. The third-order valence-corrected chi connectivity index (χ3v) is 3.08. The summed E-state index contributed by atoms with van der Waals surface area (Å²) in [5.41, 5.74) is 0. The molecule has 0 bridgehead atoms. The summed E-state index contributed by atoms with van der Waals surface area (Å²) in [5, 5.41) is 7.34. The molecule has 0 fully saturated rings. The van der Waals surface area contributed by atoms with Gasteiger partial charge in [0.05, 0.1) is 0 Å². The second-order valence-corrected chi connectivity index (χ2v) is 3.90. The Morgan fingerprint density at radius 1 is 1.27 bits per heavy atom. The molecule has 1 rings (SSSR count). The second kappa shape index (κ2) is 5.16. The molecule has 0 spiro atoms. The molecule has 0 unspecified atom stereocenters. The van der Waals surface area contributed by atoms with Crippen LogP contribution in [0.4, 0.5) is 0 Å². The normalized spacial score (nSPS) is 11.3. The van der Waals surface area contributed by atoms with Crippen molar-refractivity contribution < 1.29 is 19.4 Å². The molecule has 0 aliphatic rings. The molecule has 1 N–H and O–H groups in total. The quantitative estimate of drug-likeness (QED) is 0.615. The molecule has 4 nitrogen and oxygen atoms in total. The molecular weight excluding hydrogens is 216 g/mol. The van der Waals surface area contributed by atoms with Gasteiger partial charge >= 0.3 is 11.1 Å². The van der Waals surface area contributed by atoms with Crippen molar-refractivity contribution in [3.05, 3.63) is 30.3 Å². The summed E-state index contributed by atoms with van der Waals surface area (Å²) in [6, 6.07) is 9.08. The van der Waals surface area contributed by atoms with Gasteiger partial charge in [-0.05, 0) is 23.9 Å². The number of hydrogen-bond acceptors (Lipinski definition) is 4. The summed E-state index contributed by atoms with van der Waals surface area (Å²) in [4.78, 5) is 11.8. The van der Waals surface area contributed by atoms with Crippen LogP contribution in [0.3, 0.4) is 0 Å². The number of rotatable bonds is 5. The third-order valence-electron chi connectivity index (χ3n) is 1.79. The first-order chi connectivity index (χ1) is 7.14. The number of methoxy groups -OCH3 is 2. The number of benzene rings is 1. The van der Waals surface area contributed by atoms with Crippen LogP contribution >= 0.6 is 11.8 Å². The Morgan fingerprint density at radius 3 is 2.20 bits per heavy atom. The van der Waals surface area contributed by atoms with Crippen LogP contribution in [0.25, 0.3) is 0 Å². The molecule has 0 atom stereocenters. The number of ether oxygens (including phenoxy) is 2. The lowest BCUT2D eigenvalue weighted by Crippen LogP contribution is -2.39. The summed E-state index contributed by atoms with van der Waals surface area (Å²) in [7, 11) is 2.60. The fourth-order valence-corrected chi connectivity index (χ4v) is 1.89. The lowest BCUT2D eigenvalue weighted by atomic mass is 10.4. The average Bonchev–Trinajstić information content (AvgIpc) is 2.27. The molecule has 0 aliphatic heterocycles. The van der Waals surface area contributed by atoms with Gasteiger partial charge in [0, 0.05) is 19.1 Å². The molecule has 0 radical (unpaired) electrons. The molecule has 5 heteroatoms. The SMILES string of the molecule is COC(OC)(Sc1ccccc1)C(=O)O. The van der Waals surface area contributed by atoms with Gasteiger partial charge in [-0.2, -0.15) is 0 Å². The zero-order valence-corrected chi connectivity index (χ0v) is 9.28. The van der Waals surface area contributed by atoms with Crippen LogP contribution in [0.1, 0.15) is 0 Å². The van der Waals surface area contributed by atoms with Crippen molar-refractivity contribution in [3.63, 3.8) is 0 Å². The van der Waals surface area contributed by atoms with Gasteiger partial charge in [-0.1, -0.05) is 18.2 Å². The zero-order valence-electron chi connectivity index (χ0n) is 8.47. The largest absolute Gasteiger partial charge is 0.477 e. The van der Waals surface area contributed by atoms with Crippen molar-refractivity contribution in [1.29, 1.82) is 0 Å². The number of thioether (sulfide) groups is 1. The van der Waals surface area contributed by atoms with Gasteiger partial charge in [-0.15, -0.1) is 0 Å². The van der Waals surface area contributed by atoms with E-state index in [1.54, 1.807) is 12.1 Å². The number of carboxylic acids is 1. The van der Waals surface area contributed by atoms with E-state index in [9.17, 15) is 4.79 Å². The minimum Gasteiger partial charge on any atom is -0.477 e. The van der Waals surface area contributed by atoms with E-state index in [4.69, 9.17) is 14.6 Å². The molecule has 0 aromatic heterocycles. The van der Waals surface area contributed by atoms with E-state index in [0.717, 1.165) is 16.7 Å². The first kappa shape index (κ1) is 12.0. The maximum absolute atomic E-state index is 11.0. The lowest BCUT2D eigenvalue weighted by molar-refractivity contribution is -0.188. The van der Waals surface area contributed by atoms with Gasteiger partial charge in [0.1, 0.15) is 0 Å². The van der Waals surface area contributed by atoms with E-state index in [1.807, 2.05) is 18.2 Å². The number of carbonyl (C=O) groups is 1. The van der Waals surface area contributed by atoms with Gasteiger partial charge in [0.15, 0.2) is 0 Å². The van der Waals surface area contributed by atoms with E-state index in [-0.39, 0.29) is 0 Å². The Labute approximate surface area is 92.2 Å². The highest BCUT2D eigenvalue weighted by Crippen LogP contribution is 2.34. The van der Waals surface area contributed by atoms with E-state index in [2.05, 4.69) is 0 Å². The van der Waals surface area contributed by atoms with Crippen LogP contribution in [-0.2, 0) is 14.3 Å². The molecule has 0 amide bonds. The van der Waals surface area contributed by atoms with Crippen LogP contribution in [0.2, 0.25) is 0 Å². The topological polar surface area (TPSA) is 55.8 Å². The molecule has 0 aliphatic carbocycles. The molecule has 1 aromatic carbocycles. The Morgan fingerprint density at radius 2 is 1.80 bits per heavy atom. The van der Waals surface area contributed by atoms with Crippen LogP contribution < -0.4 is 0 Å². The van der Waals surface area contributed by atoms with E-state index in [0.29, 0.717) is 0 Å². The number of aliphatic carboxylic acids is 1. The number of hydrogen-bond donors (Lipinski definition) is 1.